The van der Waals surface area contributed by atoms with Crippen molar-refractivity contribution in [3.05, 3.63) is 129 Å². The lowest BCUT2D eigenvalue weighted by Gasteiger charge is -2.19. The molecule has 0 saturated heterocycles. The van der Waals surface area contributed by atoms with E-state index >= 15 is 0 Å². The Morgan fingerprint density at radius 3 is 2.14 bits per heavy atom. The van der Waals surface area contributed by atoms with Crippen molar-refractivity contribution >= 4 is 11.8 Å². The zero-order chi connectivity index (χ0) is 36.0. The van der Waals surface area contributed by atoms with Crippen LogP contribution < -0.4 is 10.9 Å². The summed E-state index contributed by atoms with van der Waals surface area (Å²) in [7, 11) is 0. The molecule has 0 radical (unpaired) electrons. The number of aromatic nitrogens is 5. The van der Waals surface area contributed by atoms with Crippen LogP contribution in [0.25, 0.3) is 11.1 Å². The molecular formula is C38H41F4N7OS. The maximum Gasteiger partial charge on any atom is 0.416 e. The first-order chi connectivity index (χ1) is 24.6. The summed E-state index contributed by atoms with van der Waals surface area (Å²) in [5.74, 6) is 1.70. The molecule has 8 nitrogen and oxygen atoms in total. The van der Waals surface area contributed by atoms with Crippen LogP contribution in [0.3, 0.4) is 0 Å². The summed E-state index contributed by atoms with van der Waals surface area (Å²) in [6.07, 6.45) is -2.07. The molecule has 51 heavy (non-hydrogen) atoms. The molecule has 1 aliphatic carbocycles. The number of thioether (sulfide) groups is 1. The van der Waals surface area contributed by atoms with Gasteiger partial charge in [-0.2, -0.15) is 18.2 Å². The number of fused-ring (bicyclic) bond motifs is 1. The fourth-order valence-corrected chi connectivity index (χ4v) is 7.31. The minimum absolute atomic E-state index is 0.201. The van der Waals surface area contributed by atoms with Gasteiger partial charge >= 0.3 is 6.18 Å². The first-order valence-electron chi connectivity index (χ1n) is 17.2. The number of nitrogens with zero attached hydrogens (tertiary/aromatic N) is 6. The van der Waals surface area contributed by atoms with E-state index in [1.54, 1.807) is 12.1 Å². The maximum absolute atomic E-state index is 13.5. The standard InChI is InChI=1S/C38H41F4N7OS/c1-3-47(4-2)21-20-43-22-34-45-46-35(49(34)23-26-8-12-28(13-9-26)29-14-16-30(17-15-29)38(40,41)42)24-48-33-7-5-6-32(33)36(50)44-37(48)51-25-27-10-18-31(39)19-11-27/h8-19,43H,3-7,20-25H2,1-2H3. The Labute approximate surface area is 298 Å². The summed E-state index contributed by atoms with van der Waals surface area (Å²) in [5, 5.41) is 13.4. The highest BCUT2D eigenvalue weighted by Gasteiger charge is 2.30. The molecule has 2 aromatic heterocycles. The summed E-state index contributed by atoms with van der Waals surface area (Å²) in [4.78, 5) is 19.9. The first-order valence-corrected chi connectivity index (χ1v) is 18.2. The molecule has 0 atom stereocenters. The van der Waals surface area contributed by atoms with Crippen LogP contribution in [-0.2, 0) is 44.4 Å². The highest BCUT2D eigenvalue weighted by atomic mass is 32.2. The number of rotatable bonds is 15. The van der Waals surface area contributed by atoms with Crippen molar-refractivity contribution in [3.63, 3.8) is 0 Å². The van der Waals surface area contributed by atoms with Gasteiger partial charge in [-0.25, -0.2) is 4.39 Å². The minimum atomic E-state index is -4.38. The molecule has 13 heteroatoms. The molecule has 268 valence electrons. The molecule has 5 aromatic rings. The summed E-state index contributed by atoms with van der Waals surface area (Å²) in [5.41, 5.74) is 4.23. The van der Waals surface area contributed by atoms with Crippen molar-refractivity contribution in [2.24, 2.45) is 0 Å². The van der Waals surface area contributed by atoms with Crippen LogP contribution in [0.2, 0.25) is 0 Å². The van der Waals surface area contributed by atoms with Gasteiger partial charge in [-0.05, 0) is 78.9 Å². The summed E-state index contributed by atoms with van der Waals surface area (Å²) < 4.78 is 57.0. The highest BCUT2D eigenvalue weighted by molar-refractivity contribution is 7.98. The molecule has 2 heterocycles. The van der Waals surface area contributed by atoms with Crippen molar-refractivity contribution < 1.29 is 17.6 Å². The van der Waals surface area contributed by atoms with Crippen LogP contribution in [0.1, 0.15) is 59.9 Å². The van der Waals surface area contributed by atoms with Crippen LogP contribution in [0.4, 0.5) is 17.6 Å². The van der Waals surface area contributed by atoms with Crippen LogP contribution in [0, 0.1) is 5.82 Å². The average Bonchev–Trinajstić information content (AvgIpc) is 3.77. The molecule has 0 spiro atoms. The molecule has 0 fully saturated rings. The van der Waals surface area contributed by atoms with E-state index in [2.05, 4.69) is 48.4 Å². The van der Waals surface area contributed by atoms with E-state index in [1.165, 1.54) is 36.0 Å². The number of likely N-dealkylation sites (N-methyl/N-ethyl adjacent to an activating group) is 1. The Balaban J connectivity index is 1.28. The van der Waals surface area contributed by atoms with Gasteiger partial charge < -0.3 is 19.4 Å². The topological polar surface area (TPSA) is 80.9 Å². The number of benzene rings is 3. The molecule has 1 aliphatic rings. The molecule has 0 saturated carbocycles. The van der Waals surface area contributed by atoms with E-state index in [0.717, 1.165) is 84.9 Å². The summed E-state index contributed by atoms with van der Waals surface area (Å²) in [6.45, 7) is 9.25. The van der Waals surface area contributed by atoms with Crippen LogP contribution in [-0.4, -0.2) is 55.4 Å². The van der Waals surface area contributed by atoms with E-state index in [-0.39, 0.29) is 11.4 Å². The van der Waals surface area contributed by atoms with E-state index in [4.69, 9.17) is 0 Å². The fourth-order valence-electron chi connectivity index (χ4n) is 6.35. The third-order valence-electron chi connectivity index (χ3n) is 9.31. The van der Waals surface area contributed by atoms with Crippen LogP contribution in [0.5, 0.6) is 0 Å². The predicted octanol–water partition coefficient (Wildman–Crippen LogP) is 6.97. The maximum atomic E-state index is 13.5. The van der Waals surface area contributed by atoms with Gasteiger partial charge in [0.25, 0.3) is 5.56 Å². The molecule has 0 amide bonds. The predicted molar refractivity (Wildman–Crippen MR) is 191 cm³/mol. The second-order valence-electron chi connectivity index (χ2n) is 12.6. The lowest BCUT2D eigenvalue weighted by atomic mass is 10.0. The third-order valence-corrected chi connectivity index (χ3v) is 10.4. The van der Waals surface area contributed by atoms with Crippen molar-refractivity contribution in [2.45, 2.75) is 69.8 Å². The molecule has 6 rings (SSSR count). The average molecular weight is 720 g/mol. The van der Waals surface area contributed by atoms with Crippen LogP contribution in [0.15, 0.2) is 82.7 Å². The fraction of sp³-hybridized carbons (Fsp3) is 0.368. The molecule has 0 bridgehead atoms. The van der Waals surface area contributed by atoms with Gasteiger partial charge in [0, 0.05) is 30.1 Å². The van der Waals surface area contributed by atoms with E-state index in [9.17, 15) is 22.4 Å². The van der Waals surface area contributed by atoms with Gasteiger partial charge in [0.15, 0.2) is 11.0 Å². The molecule has 0 aliphatic heterocycles. The van der Waals surface area contributed by atoms with Crippen molar-refractivity contribution in [1.29, 1.82) is 0 Å². The molecular weight excluding hydrogens is 679 g/mol. The Bertz CT molecular complexity index is 1970. The van der Waals surface area contributed by atoms with Crippen molar-refractivity contribution in [3.8, 4) is 11.1 Å². The number of hydrogen-bond acceptors (Lipinski definition) is 7. The number of halogens is 4. The Morgan fingerprint density at radius 2 is 1.47 bits per heavy atom. The largest absolute Gasteiger partial charge is 0.416 e. The number of nitrogens with one attached hydrogen (secondary N) is 1. The quantitative estimate of drug-likeness (QED) is 0.0542. The number of hydrogen-bond donors (Lipinski definition) is 1. The van der Waals surface area contributed by atoms with Gasteiger partial charge in [0.1, 0.15) is 11.6 Å². The summed E-state index contributed by atoms with van der Waals surface area (Å²) in [6, 6.07) is 19.2. The second kappa shape index (κ2) is 16.3. The SMILES string of the molecule is CCN(CC)CCNCc1nnc(Cn2c(SCc3ccc(F)cc3)nc(=O)c3c2CCC3)n1Cc1ccc(-c2ccc(C(F)(F)F)cc2)cc1. The smallest absolute Gasteiger partial charge is 0.316 e. The van der Waals surface area contributed by atoms with Gasteiger partial charge in [0.2, 0.25) is 0 Å². The molecule has 0 unspecified atom stereocenters. The summed E-state index contributed by atoms with van der Waals surface area (Å²) >= 11 is 1.44. The monoisotopic (exact) mass is 719 g/mol. The van der Waals surface area contributed by atoms with Crippen molar-refractivity contribution in [2.75, 3.05) is 26.2 Å². The second-order valence-corrected chi connectivity index (χ2v) is 13.5. The van der Waals surface area contributed by atoms with Crippen molar-refractivity contribution in [1.82, 2.24) is 34.5 Å². The number of alkyl halides is 3. The van der Waals surface area contributed by atoms with Gasteiger partial charge in [-0.3, -0.25) is 4.79 Å². The zero-order valence-corrected chi connectivity index (χ0v) is 29.5. The Hall–Kier alpha value is -4.33. The third kappa shape index (κ3) is 8.95. The Morgan fingerprint density at radius 1 is 0.824 bits per heavy atom. The van der Waals surface area contributed by atoms with Crippen LogP contribution >= 0.6 is 11.8 Å². The first kappa shape index (κ1) is 36.5. The van der Waals surface area contributed by atoms with E-state index < -0.39 is 11.7 Å². The van der Waals surface area contributed by atoms with Gasteiger partial charge in [-0.15, -0.1) is 10.2 Å². The minimum Gasteiger partial charge on any atom is -0.316 e. The van der Waals surface area contributed by atoms with Gasteiger partial charge in [-0.1, -0.05) is 74.1 Å². The Kier molecular flexibility index (Phi) is 11.7. The lowest BCUT2D eigenvalue weighted by molar-refractivity contribution is -0.137. The zero-order valence-electron chi connectivity index (χ0n) is 28.7. The van der Waals surface area contributed by atoms with E-state index in [1.807, 2.05) is 24.3 Å². The van der Waals surface area contributed by atoms with E-state index in [0.29, 0.717) is 48.4 Å². The molecule has 3 aromatic carbocycles. The highest BCUT2D eigenvalue weighted by Crippen LogP contribution is 2.31. The lowest BCUT2D eigenvalue weighted by Crippen LogP contribution is -2.32. The van der Waals surface area contributed by atoms with Gasteiger partial charge in [0.05, 0.1) is 25.2 Å². The molecule has 1 N–H and O–H groups in total. The normalized spacial score (nSPS) is 12.9.